The number of aromatic nitrogens is 4. The number of nitrogens with zero attached hydrogens (tertiary/aromatic N) is 3. The van der Waals surface area contributed by atoms with Crippen LogP contribution in [0, 0.1) is 5.82 Å². The van der Waals surface area contributed by atoms with Gasteiger partial charge in [0.1, 0.15) is 11.5 Å². The Morgan fingerprint density at radius 2 is 1.90 bits per heavy atom. The molecular formula is C20H19F4N5O. The highest BCUT2D eigenvalue weighted by Gasteiger charge is 2.30. The summed E-state index contributed by atoms with van der Waals surface area (Å²) in [6.07, 6.45) is -0.120. The Morgan fingerprint density at radius 3 is 2.60 bits per heavy atom. The van der Waals surface area contributed by atoms with Crippen molar-refractivity contribution < 1.29 is 22.3 Å². The Balaban J connectivity index is 1.54. The van der Waals surface area contributed by atoms with Gasteiger partial charge in [-0.15, -0.1) is 0 Å². The van der Waals surface area contributed by atoms with Crippen LogP contribution in [-0.2, 0) is 10.9 Å². The van der Waals surface area contributed by atoms with Gasteiger partial charge in [0.25, 0.3) is 0 Å². The molecule has 6 nitrogen and oxygen atoms in total. The van der Waals surface area contributed by atoms with Crippen LogP contribution in [0.1, 0.15) is 37.1 Å². The van der Waals surface area contributed by atoms with Crippen LogP contribution < -0.4 is 5.32 Å². The van der Waals surface area contributed by atoms with Crippen LogP contribution >= 0.6 is 0 Å². The summed E-state index contributed by atoms with van der Waals surface area (Å²) in [4.78, 5) is 15.5. The summed E-state index contributed by atoms with van der Waals surface area (Å²) in [5.74, 6) is 0.359. The Bertz CT molecular complexity index is 1020. The Labute approximate surface area is 169 Å². The summed E-state index contributed by atoms with van der Waals surface area (Å²) in [6.45, 7) is 2.64. The first-order valence-electron chi connectivity index (χ1n) is 9.43. The highest BCUT2D eigenvalue weighted by molar-refractivity contribution is 5.59. The molecule has 2 atom stereocenters. The van der Waals surface area contributed by atoms with E-state index in [1.165, 1.54) is 18.3 Å². The highest BCUT2D eigenvalue weighted by Crippen LogP contribution is 2.31. The molecule has 0 radical (unpaired) electrons. The highest BCUT2D eigenvalue weighted by atomic mass is 19.4. The van der Waals surface area contributed by atoms with E-state index in [9.17, 15) is 17.6 Å². The van der Waals surface area contributed by atoms with Crippen molar-refractivity contribution >= 4 is 11.6 Å². The van der Waals surface area contributed by atoms with Crippen LogP contribution in [0.4, 0.5) is 29.2 Å². The van der Waals surface area contributed by atoms with Crippen molar-refractivity contribution in [1.29, 1.82) is 0 Å². The zero-order chi connectivity index (χ0) is 21.3. The lowest BCUT2D eigenvalue weighted by atomic mass is 9.96. The number of imidazole rings is 1. The molecule has 30 heavy (non-hydrogen) atoms. The standard InChI is InChI=1S/C20H19F4N5O/c1-11-8-12(6-7-30-11)18-25-10-16(28-18)17-15(21)9-26-19(29-17)27-14-4-2-13(3-5-14)20(22,23)24/h2-5,9-12H,6-8H2,1H3,(H,25,28)(H,26,27,29). The Hall–Kier alpha value is -3.01. The van der Waals surface area contributed by atoms with Gasteiger partial charge in [-0.05, 0) is 44.0 Å². The minimum atomic E-state index is -4.42. The number of nitrogens with one attached hydrogen (secondary N) is 2. The average Bonchev–Trinajstić information content (AvgIpc) is 3.19. The molecule has 0 spiro atoms. The van der Waals surface area contributed by atoms with E-state index in [2.05, 4.69) is 25.3 Å². The van der Waals surface area contributed by atoms with Gasteiger partial charge in [-0.2, -0.15) is 13.2 Å². The maximum Gasteiger partial charge on any atom is 0.416 e. The number of anilines is 2. The Morgan fingerprint density at radius 1 is 1.13 bits per heavy atom. The van der Waals surface area contributed by atoms with Gasteiger partial charge in [0, 0.05) is 18.2 Å². The smallest absolute Gasteiger partial charge is 0.378 e. The molecule has 1 aliphatic rings. The normalized spacial score (nSPS) is 19.6. The molecule has 0 aliphatic carbocycles. The summed E-state index contributed by atoms with van der Waals surface area (Å²) in [5.41, 5.74) is 0.0148. The number of halogens is 4. The molecule has 1 saturated heterocycles. The van der Waals surface area contributed by atoms with Gasteiger partial charge in [0.05, 0.1) is 29.8 Å². The van der Waals surface area contributed by atoms with Crippen molar-refractivity contribution in [3.05, 3.63) is 53.9 Å². The fourth-order valence-electron chi connectivity index (χ4n) is 3.40. The number of hydrogen-bond acceptors (Lipinski definition) is 5. The van der Waals surface area contributed by atoms with E-state index in [1.807, 2.05) is 6.92 Å². The van der Waals surface area contributed by atoms with E-state index in [-0.39, 0.29) is 23.7 Å². The fourth-order valence-corrected chi connectivity index (χ4v) is 3.40. The van der Waals surface area contributed by atoms with Crippen LogP contribution in [0.15, 0.2) is 36.7 Å². The SMILES string of the molecule is CC1CC(c2ncc(-c3nc(Nc4ccc(C(F)(F)F)cc4)ncc3F)[nH]2)CCO1. The zero-order valence-corrected chi connectivity index (χ0v) is 16.0. The molecule has 3 aromatic rings. The summed E-state index contributed by atoms with van der Waals surface area (Å²) in [7, 11) is 0. The molecule has 1 aromatic carbocycles. The minimum Gasteiger partial charge on any atom is -0.378 e. The number of aromatic amines is 1. The quantitative estimate of drug-likeness (QED) is 0.577. The number of benzene rings is 1. The maximum atomic E-state index is 14.3. The van der Waals surface area contributed by atoms with Crippen molar-refractivity contribution in [2.24, 2.45) is 0 Å². The first-order valence-corrected chi connectivity index (χ1v) is 9.43. The van der Waals surface area contributed by atoms with Gasteiger partial charge < -0.3 is 15.0 Å². The van der Waals surface area contributed by atoms with Crippen molar-refractivity contribution in [3.63, 3.8) is 0 Å². The van der Waals surface area contributed by atoms with Gasteiger partial charge in [-0.3, -0.25) is 0 Å². The zero-order valence-electron chi connectivity index (χ0n) is 16.0. The van der Waals surface area contributed by atoms with E-state index in [0.29, 0.717) is 18.0 Å². The third-order valence-corrected chi connectivity index (χ3v) is 4.93. The topological polar surface area (TPSA) is 75.7 Å². The number of hydrogen-bond donors (Lipinski definition) is 2. The second-order valence-electron chi connectivity index (χ2n) is 7.18. The van der Waals surface area contributed by atoms with E-state index in [1.54, 1.807) is 0 Å². The largest absolute Gasteiger partial charge is 0.416 e. The molecule has 10 heteroatoms. The molecule has 1 fully saturated rings. The van der Waals surface area contributed by atoms with Gasteiger partial charge in [-0.25, -0.2) is 19.3 Å². The molecule has 3 heterocycles. The van der Waals surface area contributed by atoms with Crippen molar-refractivity contribution in [1.82, 2.24) is 19.9 Å². The lowest BCUT2D eigenvalue weighted by Gasteiger charge is -2.25. The molecule has 4 rings (SSSR count). The molecule has 0 amide bonds. The molecule has 2 N–H and O–H groups in total. The summed E-state index contributed by atoms with van der Waals surface area (Å²) < 4.78 is 58.0. The van der Waals surface area contributed by atoms with E-state index < -0.39 is 17.6 Å². The van der Waals surface area contributed by atoms with Crippen LogP contribution in [0.3, 0.4) is 0 Å². The van der Waals surface area contributed by atoms with E-state index in [0.717, 1.165) is 37.0 Å². The number of ether oxygens (including phenoxy) is 1. The molecule has 1 aliphatic heterocycles. The van der Waals surface area contributed by atoms with Gasteiger partial charge in [-0.1, -0.05) is 0 Å². The molecule has 2 unspecified atom stereocenters. The first kappa shape index (κ1) is 20.3. The lowest BCUT2D eigenvalue weighted by Crippen LogP contribution is -2.22. The minimum absolute atomic E-state index is 0.0262. The number of rotatable bonds is 4. The van der Waals surface area contributed by atoms with E-state index in [4.69, 9.17) is 4.74 Å². The first-order chi connectivity index (χ1) is 14.3. The summed E-state index contributed by atoms with van der Waals surface area (Å²) >= 11 is 0. The molecule has 158 valence electrons. The van der Waals surface area contributed by atoms with Crippen molar-refractivity contribution in [2.75, 3.05) is 11.9 Å². The summed E-state index contributed by atoms with van der Waals surface area (Å²) in [6, 6.07) is 4.41. The lowest BCUT2D eigenvalue weighted by molar-refractivity contribution is -0.137. The monoisotopic (exact) mass is 421 g/mol. The number of H-pyrrole nitrogens is 1. The van der Waals surface area contributed by atoms with E-state index >= 15 is 0 Å². The molecule has 2 aromatic heterocycles. The molecule has 0 saturated carbocycles. The maximum absolute atomic E-state index is 14.3. The van der Waals surface area contributed by atoms with Gasteiger partial charge in [0.2, 0.25) is 5.95 Å². The van der Waals surface area contributed by atoms with Crippen LogP contribution in [0.5, 0.6) is 0 Å². The molecule has 0 bridgehead atoms. The fraction of sp³-hybridized carbons (Fsp3) is 0.350. The predicted molar refractivity (Wildman–Crippen MR) is 102 cm³/mol. The van der Waals surface area contributed by atoms with Crippen LogP contribution in [0.2, 0.25) is 0 Å². The van der Waals surface area contributed by atoms with Gasteiger partial charge >= 0.3 is 6.18 Å². The van der Waals surface area contributed by atoms with Crippen molar-refractivity contribution in [2.45, 2.75) is 38.0 Å². The van der Waals surface area contributed by atoms with Crippen molar-refractivity contribution in [3.8, 4) is 11.4 Å². The number of alkyl halides is 3. The second-order valence-corrected chi connectivity index (χ2v) is 7.18. The third-order valence-electron chi connectivity index (χ3n) is 4.93. The van der Waals surface area contributed by atoms with Gasteiger partial charge in [0.15, 0.2) is 5.82 Å². The van der Waals surface area contributed by atoms with Crippen LogP contribution in [-0.4, -0.2) is 32.6 Å². The molecular weight excluding hydrogens is 402 g/mol. The summed E-state index contributed by atoms with van der Waals surface area (Å²) in [5, 5.41) is 2.79. The predicted octanol–water partition coefficient (Wildman–Crippen LogP) is 5.05. The average molecular weight is 421 g/mol. The third kappa shape index (κ3) is 4.43. The second kappa shape index (κ2) is 8.02. The Kier molecular flexibility index (Phi) is 5.42. The van der Waals surface area contributed by atoms with Crippen LogP contribution in [0.25, 0.3) is 11.4 Å².